The van der Waals surface area contributed by atoms with E-state index in [1.165, 1.54) is 12.5 Å². The molecule has 4 fully saturated rings. The molecule has 0 aromatic heterocycles. The van der Waals surface area contributed by atoms with Crippen molar-refractivity contribution in [2.45, 2.75) is 89.2 Å². The van der Waals surface area contributed by atoms with Crippen molar-refractivity contribution < 1.29 is 33.6 Å². The summed E-state index contributed by atoms with van der Waals surface area (Å²) in [6.07, 6.45) is 4.42. The van der Waals surface area contributed by atoms with Gasteiger partial charge in [-0.05, 0) is 39.0 Å². The first-order valence-electron chi connectivity index (χ1n) is 10.9. The van der Waals surface area contributed by atoms with Gasteiger partial charge in [-0.1, -0.05) is 18.6 Å². The second kappa shape index (κ2) is 6.76. The van der Waals surface area contributed by atoms with E-state index in [2.05, 4.69) is 19.9 Å². The number of aliphatic hydroxyl groups excluding tert-OH is 1. The highest BCUT2D eigenvalue weighted by Crippen LogP contribution is 2.71. The van der Waals surface area contributed by atoms with Crippen LogP contribution in [0.3, 0.4) is 0 Å². The summed E-state index contributed by atoms with van der Waals surface area (Å²) in [5, 5.41) is 11.7. The lowest BCUT2D eigenvalue weighted by Gasteiger charge is -2.57. The molecule has 0 aromatic carbocycles. The van der Waals surface area contributed by atoms with Gasteiger partial charge in [-0.2, -0.15) is 0 Å². The van der Waals surface area contributed by atoms with Gasteiger partial charge >= 0.3 is 5.97 Å². The number of aliphatic hydroxyl groups is 1. The van der Waals surface area contributed by atoms with Crippen molar-refractivity contribution >= 4 is 5.97 Å². The van der Waals surface area contributed by atoms with E-state index in [0.29, 0.717) is 13.2 Å². The predicted octanol–water partition coefficient (Wildman–Crippen LogP) is 2.10. The minimum Gasteiger partial charge on any atom is -0.465 e. The third-order valence-corrected chi connectivity index (χ3v) is 8.25. The maximum absolute atomic E-state index is 11.7. The first-order chi connectivity index (χ1) is 13.8. The molecule has 2 aliphatic carbocycles. The van der Waals surface area contributed by atoms with Crippen molar-refractivity contribution in [1.82, 2.24) is 0 Å². The van der Waals surface area contributed by atoms with E-state index in [0.717, 1.165) is 32.1 Å². The van der Waals surface area contributed by atoms with E-state index >= 15 is 0 Å². The zero-order valence-corrected chi connectivity index (χ0v) is 17.5. The number of hydrogen-bond donors (Lipinski definition) is 1. The van der Waals surface area contributed by atoms with Crippen molar-refractivity contribution in [3.63, 3.8) is 0 Å². The molecular formula is C22H32O7. The van der Waals surface area contributed by atoms with Crippen molar-refractivity contribution in [2.75, 3.05) is 19.8 Å². The Kier molecular flexibility index (Phi) is 4.65. The van der Waals surface area contributed by atoms with Crippen LogP contribution in [0.4, 0.5) is 0 Å². The molecule has 8 atom stereocenters. The Hall–Kier alpha value is -0.990. The third kappa shape index (κ3) is 2.64. The standard InChI is InChI=1S/C22H32O7/c1-13-7-8-21(11-26-14(2)23)15(10-13)28-19-17(29-16-6-4-5-9-25-16)18(24)20(21,3)22(19)12-27-22/h10,15-19,24H,4-9,11-12H2,1-3H3/t15-,16?,17-,18-,19-,20-,21-,22+/m1/s1. The van der Waals surface area contributed by atoms with Crippen LogP contribution in [0, 0.1) is 10.8 Å². The Morgan fingerprint density at radius 2 is 2.17 bits per heavy atom. The van der Waals surface area contributed by atoms with E-state index in [1.807, 2.05) is 0 Å². The monoisotopic (exact) mass is 408 g/mol. The Labute approximate surface area is 171 Å². The molecule has 3 aliphatic heterocycles. The van der Waals surface area contributed by atoms with E-state index < -0.39 is 28.6 Å². The van der Waals surface area contributed by atoms with Crippen LogP contribution in [0.1, 0.15) is 52.9 Å². The van der Waals surface area contributed by atoms with Crippen LogP contribution in [0.2, 0.25) is 0 Å². The summed E-state index contributed by atoms with van der Waals surface area (Å²) < 4.78 is 30.4. The normalized spacial score (nSPS) is 50.8. The van der Waals surface area contributed by atoms with Crippen LogP contribution >= 0.6 is 0 Å². The molecule has 1 spiro atoms. The fourth-order valence-corrected chi connectivity index (χ4v) is 6.37. The molecule has 5 rings (SSSR count). The topological polar surface area (TPSA) is 86.8 Å². The molecule has 3 saturated heterocycles. The van der Waals surface area contributed by atoms with Gasteiger partial charge in [0.15, 0.2) is 6.29 Å². The highest BCUT2D eigenvalue weighted by Gasteiger charge is 2.85. The number of esters is 1. The summed E-state index contributed by atoms with van der Waals surface area (Å²) in [6.45, 7) is 7.00. The van der Waals surface area contributed by atoms with E-state index in [-0.39, 0.29) is 31.1 Å². The molecule has 29 heavy (non-hydrogen) atoms. The Bertz CT molecular complexity index is 710. The van der Waals surface area contributed by atoms with Crippen LogP contribution in [0.15, 0.2) is 11.6 Å². The fraction of sp³-hybridized carbons (Fsp3) is 0.864. The number of fused-ring (bicyclic) bond motifs is 2. The second-order valence-corrected chi connectivity index (χ2v) is 9.65. The Morgan fingerprint density at radius 1 is 1.38 bits per heavy atom. The lowest BCUT2D eigenvalue weighted by Crippen LogP contribution is -2.66. The van der Waals surface area contributed by atoms with Gasteiger partial charge in [0, 0.05) is 24.4 Å². The SMILES string of the molecule is CC(=O)OC[C@]12CCC(C)=C[C@H]1O[C@@H]1[C@H](OC3CCCCO3)[C@@H](O)[C@@]2(C)[C@]12CO2. The van der Waals surface area contributed by atoms with E-state index in [4.69, 9.17) is 23.7 Å². The largest absolute Gasteiger partial charge is 0.465 e. The van der Waals surface area contributed by atoms with Gasteiger partial charge in [-0.3, -0.25) is 4.79 Å². The minimum absolute atomic E-state index is 0.203. The molecule has 0 aromatic rings. The lowest BCUT2D eigenvalue weighted by atomic mass is 9.51. The number of carbonyl (C=O) groups is 1. The van der Waals surface area contributed by atoms with Gasteiger partial charge in [0.05, 0.1) is 18.8 Å². The first-order valence-corrected chi connectivity index (χ1v) is 10.9. The van der Waals surface area contributed by atoms with Gasteiger partial charge in [0.25, 0.3) is 0 Å². The van der Waals surface area contributed by atoms with E-state index in [1.54, 1.807) is 0 Å². The molecule has 1 N–H and O–H groups in total. The van der Waals surface area contributed by atoms with Crippen molar-refractivity contribution in [2.24, 2.45) is 10.8 Å². The summed E-state index contributed by atoms with van der Waals surface area (Å²) in [4.78, 5) is 11.7. The zero-order valence-electron chi connectivity index (χ0n) is 17.5. The molecule has 7 nitrogen and oxygen atoms in total. The number of epoxide rings is 1. The molecule has 7 heteroatoms. The molecule has 0 amide bonds. The summed E-state index contributed by atoms with van der Waals surface area (Å²) in [5.74, 6) is -0.322. The van der Waals surface area contributed by atoms with Gasteiger partial charge in [0.1, 0.15) is 24.4 Å². The molecular weight excluding hydrogens is 376 g/mol. The Morgan fingerprint density at radius 3 is 2.83 bits per heavy atom. The molecule has 3 heterocycles. The summed E-state index contributed by atoms with van der Waals surface area (Å²) in [7, 11) is 0. The van der Waals surface area contributed by atoms with Crippen molar-refractivity contribution in [1.29, 1.82) is 0 Å². The quantitative estimate of drug-likeness (QED) is 0.433. The molecule has 2 bridgehead atoms. The molecule has 162 valence electrons. The number of hydrogen-bond acceptors (Lipinski definition) is 7. The van der Waals surface area contributed by atoms with Crippen molar-refractivity contribution in [3.05, 3.63) is 11.6 Å². The molecule has 1 unspecified atom stereocenters. The van der Waals surface area contributed by atoms with Gasteiger partial charge in [0.2, 0.25) is 0 Å². The smallest absolute Gasteiger partial charge is 0.302 e. The average Bonchev–Trinajstić information content (AvgIpc) is 3.49. The van der Waals surface area contributed by atoms with Crippen molar-refractivity contribution in [3.8, 4) is 0 Å². The highest BCUT2D eigenvalue weighted by molar-refractivity contribution is 5.66. The van der Waals surface area contributed by atoms with Gasteiger partial charge < -0.3 is 28.8 Å². The third-order valence-electron chi connectivity index (χ3n) is 8.25. The van der Waals surface area contributed by atoms with Crippen LogP contribution in [0.5, 0.6) is 0 Å². The summed E-state index contributed by atoms with van der Waals surface area (Å²) in [6, 6.07) is 0. The summed E-state index contributed by atoms with van der Waals surface area (Å²) in [5.41, 5.74) is -0.566. The molecule has 0 radical (unpaired) electrons. The first kappa shape index (κ1) is 19.9. The number of allylic oxidation sites excluding steroid dienone is 1. The lowest BCUT2D eigenvalue weighted by molar-refractivity contribution is -0.239. The number of ether oxygens (including phenoxy) is 5. The fourth-order valence-electron chi connectivity index (χ4n) is 6.37. The van der Waals surface area contributed by atoms with Crippen LogP contribution in [-0.2, 0) is 28.5 Å². The second-order valence-electron chi connectivity index (χ2n) is 9.65. The zero-order chi connectivity index (χ0) is 20.4. The molecule has 1 saturated carbocycles. The van der Waals surface area contributed by atoms with Gasteiger partial charge in [-0.25, -0.2) is 0 Å². The van der Waals surface area contributed by atoms with E-state index in [9.17, 15) is 9.90 Å². The maximum atomic E-state index is 11.7. The summed E-state index contributed by atoms with van der Waals surface area (Å²) >= 11 is 0. The highest BCUT2D eigenvalue weighted by atomic mass is 16.7. The number of carbonyl (C=O) groups excluding carboxylic acids is 1. The van der Waals surface area contributed by atoms with Crippen LogP contribution in [0.25, 0.3) is 0 Å². The predicted molar refractivity (Wildman–Crippen MR) is 102 cm³/mol. The van der Waals surface area contributed by atoms with Crippen LogP contribution in [-0.4, -0.2) is 67.2 Å². The van der Waals surface area contributed by atoms with Gasteiger partial charge in [-0.15, -0.1) is 0 Å². The minimum atomic E-state index is -0.798. The molecule has 5 aliphatic rings. The maximum Gasteiger partial charge on any atom is 0.302 e. The number of rotatable bonds is 4. The average molecular weight is 408 g/mol. The Balaban J connectivity index is 1.53. The van der Waals surface area contributed by atoms with Crippen LogP contribution < -0.4 is 0 Å².